The molecule has 0 bridgehead atoms. The number of hydrogen-bond acceptors (Lipinski definition) is 2. The van der Waals surface area contributed by atoms with Gasteiger partial charge in [0.1, 0.15) is 17.3 Å². The van der Waals surface area contributed by atoms with Gasteiger partial charge in [-0.1, -0.05) is 43.2 Å². The summed E-state index contributed by atoms with van der Waals surface area (Å²) in [5, 5.41) is 3.09. The van der Waals surface area contributed by atoms with E-state index in [1.165, 1.54) is 25.0 Å². The molecule has 1 aliphatic rings. The molecule has 28 heavy (non-hydrogen) atoms. The second-order valence-electron chi connectivity index (χ2n) is 7.46. The SMILES string of the molecule is O=C(CC1CCCC1)Nc1c(-c2ccc(F)cc2)ncn1Cc1ccccc1. The highest BCUT2D eigenvalue weighted by Crippen LogP contribution is 2.30. The van der Waals surface area contributed by atoms with E-state index in [1.807, 2.05) is 34.9 Å². The van der Waals surface area contributed by atoms with E-state index in [0.29, 0.717) is 30.4 Å². The van der Waals surface area contributed by atoms with Gasteiger partial charge in [0.15, 0.2) is 0 Å². The van der Waals surface area contributed by atoms with Crippen molar-refractivity contribution in [2.45, 2.75) is 38.6 Å². The zero-order valence-electron chi connectivity index (χ0n) is 15.8. The van der Waals surface area contributed by atoms with E-state index < -0.39 is 0 Å². The summed E-state index contributed by atoms with van der Waals surface area (Å²) < 4.78 is 15.3. The van der Waals surface area contributed by atoms with Crippen molar-refractivity contribution in [1.29, 1.82) is 0 Å². The lowest BCUT2D eigenvalue weighted by molar-refractivity contribution is -0.117. The lowest BCUT2D eigenvalue weighted by atomic mass is 10.0. The number of imidazole rings is 1. The highest BCUT2D eigenvalue weighted by Gasteiger charge is 2.21. The average molecular weight is 377 g/mol. The lowest BCUT2D eigenvalue weighted by Crippen LogP contribution is -2.18. The molecule has 0 atom stereocenters. The summed E-state index contributed by atoms with van der Waals surface area (Å²) in [6, 6.07) is 16.3. The van der Waals surface area contributed by atoms with Crippen LogP contribution in [0, 0.1) is 11.7 Å². The largest absolute Gasteiger partial charge is 0.312 e. The standard InChI is InChI=1S/C23H24FN3O/c24-20-12-10-19(11-13-20)22-23(26-21(28)14-17-6-4-5-7-17)27(16-25-22)15-18-8-2-1-3-9-18/h1-3,8-13,16-17H,4-7,14-15H2,(H,26,28). The van der Waals surface area contributed by atoms with E-state index in [2.05, 4.69) is 10.3 Å². The molecule has 4 rings (SSSR count). The molecule has 0 saturated heterocycles. The number of halogens is 1. The third-order valence-electron chi connectivity index (χ3n) is 5.36. The van der Waals surface area contributed by atoms with Crippen LogP contribution in [0.5, 0.6) is 0 Å². The highest BCUT2D eigenvalue weighted by atomic mass is 19.1. The first-order chi connectivity index (χ1) is 13.7. The molecule has 5 heteroatoms. The van der Waals surface area contributed by atoms with Crippen molar-refractivity contribution in [3.63, 3.8) is 0 Å². The van der Waals surface area contributed by atoms with Crippen LogP contribution in [0.1, 0.15) is 37.7 Å². The van der Waals surface area contributed by atoms with Gasteiger partial charge in [-0.05, 0) is 48.6 Å². The summed E-state index contributed by atoms with van der Waals surface area (Å²) in [7, 11) is 0. The van der Waals surface area contributed by atoms with E-state index in [9.17, 15) is 9.18 Å². The number of rotatable bonds is 6. The minimum Gasteiger partial charge on any atom is -0.312 e. The minimum absolute atomic E-state index is 0.0186. The first-order valence-corrected chi connectivity index (χ1v) is 9.84. The van der Waals surface area contributed by atoms with Crippen LogP contribution < -0.4 is 5.32 Å². The van der Waals surface area contributed by atoms with Crippen molar-refractivity contribution < 1.29 is 9.18 Å². The zero-order chi connectivity index (χ0) is 19.3. The molecular weight excluding hydrogens is 353 g/mol. The molecule has 1 amide bonds. The van der Waals surface area contributed by atoms with Crippen LogP contribution in [0.2, 0.25) is 0 Å². The maximum atomic E-state index is 13.3. The molecule has 144 valence electrons. The van der Waals surface area contributed by atoms with Crippen LogP contribution in [0.4, 0.5) is 10.2 Å². The molecule has 0 aliphatic heterocycles. The highest BCUT2D eigenvalue weighted by molar-refractivity contribution is 5.93. The molecule has 0 spiro atoms. The van der Waals surface area contributed by atoms with Gasteiger partial charge < -0.3 is 9.88 Å². The van der Waals surface area contributed by atoms with E-state index in [-0.39, 0.29) is 11.7 Å². The van der Waals surface area contributed by atoms with Gasteiger partial charge in [-0.25, -0.2) is 9.37 Å². The van der Waals surface area contributed by atoms with Crippen molar-refractivity contribution >= 4 is 11.7 Å². The number of nitrogens with zero attached hydrogens (tertiary/aromatic N) is 2. The number of aromatic nitrogens is 2. The van der Waals surface area contributed by atoms with Crippen LogP contribution in [0.25, 0.3) is 11.3 Å². The van der Waals surface area contributed by atoms with Gasteiger partial charge in [0, 0.05) is 12.0 Å². The van der Waals surface area contributed by atoms with Gasteiger partial charge in [-0.15, -0.1) is 0 Å². The van der Waals surface area contributed by atoms with Crippen LogP contribution in [-0.2, 0) is 11.3 Å². The predicted molar refractivity (Wildman–Crippen MR) is 108 cm³/mol. The van der Waals surface area contributed by atoms with Crippen molar-refractivity contribution in [2.75, 3.05) is 5.32 Å². The van der Waals surface area contributed by atoms with Crippen molar-refractivity contribution in [1.82, 2.24) is 9.55 Å². The Bertz CT molecular complexity index is 928. The second kappa shape index (κ2) is 8.38. The lowest BCUT2D eigenvalue weighted by Gasteiger charge is -2.14. The summed E-state index contributed by atoms with van der Waals surface area (Å²) in [6.45, 7) is 0.605. The maximum absolute atomic E-state index is 13.3. The Balaban J connectivity index is 1.62. The van der Waals surface area contributed by atoms with Crippen molar-refractivity contribution in [3.8, 4) is 11.3 Å². The Kier molecular flexibility index (Phi) is 5.51. The number of hydrogen-bond donors (Lipinski definition) is 1. The molecule has 0 radical (unpaired) electrons. The third-order valence-corrected chi connectivity index (χ3v) is 5.36. The first kappa shape index (κ1) is 18.4. The number of carbonyl (C=O) groups is 1. The van der Waals surface area contributed by atoms with E-state index in [1.54, 1.807) is 18.5 Å². The minimum atomic E-state index is -0.292. The van der Waals surface area contributed by atoms with Crippen LogP contribution in [0.15, 0.2) is 60.9 Å². The summed E-state index contributed by atoms with van der Waals surface area (Å²) in [6.07, 6.45) is 6.95. The molecule has 1 fully saturated rings. The topological polar surface area (TPSA) is 46.9 Å². The van der Waals surface area contributed by atoms with Gasteiger partial charge in [-0.2, -0.15) is 0 Å². The predicted octanol–water partition coefficient (Wildman–Crippen LogP) is 5.26. The van der Waals surface area contributed by atoms with Crippen molar-refractivity contribution in [3.05, 3.63) is 72.3 Å². The fourth-order valence-electron chi connectivity index (χ4n) is 3.89. The smallest absolute Gasteiger partial charge is 0.225 e. The molecule has 1 saturated carbocycles. The van der Waals surface area contributed by atoms with Gasteiger partial charge >= 0.3 is 0 Å². The van der Waals surface area contributed by atoms with Crippen LogP contribution in [-0.4, -0.2) is 15.5 Å². The van der Waals surface area contributed by atoms with Crippen LogP contribution in [0.3, 0.4) is 0 Å². The average Bonchev–Trinajstić information content (AvgIpc) is 3.34. The number of carbonyl (C=O) groups excluding carboxylic acids is 1. The number of benzene rings is 2. The summed E-state index contributed by atoms with van der Waals surface area (Å²) in [4.78, 5) is 17.2. The van der Waals surface area contributed by atoms with E-state index in [4.69, 9.17) is 0 Å². The summed E-state index contributed by atoms with van der Waals surface area (Å²) >= 11 is 0. The first-order valence-electron chi connectivity index (χ1n) is 9.84. The quantitative estimate of drug-likeness (QED) is 0.637. The van der Waals surface area contributed by atoms with E-state index >= 15 is 0 Å². The molecule has 0 unspecified atom stereocenters. The monoisotopic (exact) mass is 377 g/mol. The Morgan fingerprint density at radius 3 is 2.50 bits per heavy atom. The zero-order valence-corrected chi connectivity index (χ0v) is 15.8. The van der Waals surface area contributed by atoms with E-state index in [0.717, 1.165) is 24.0 Å². The molecule has 4 nitrogen and oxygen atoms in total. The molecule has 1 aromatic heterocycles. The number of amides is 1. The van der Waals surface area contributed by atoms with Gasteiger partial charge in [0.2, 0.25) is 5.91 Å². The molecule has 2 aromatic carbocycles. The van der Waals surface area contributed by atoms with Gasteiger partial charge in [0.05, 0.1) is 12.9 Å². The molecule has 1 heterocycles. The Labute approximate surface area is 164 Å². The van der Waals surface area contributed by atoms with Crippen LogP contribution >= 0.6 is 0 Å². The molecule has 3 aromatic rings. The molecule has 1 aliphatic carbocycles. The van der Waals surface area contributed by atoms with Crippen molar-refractivity contribution in [2.24, 2.45) is 5.92 Å². The molecule has 1 N–H and O–H groups in total. The van der Waals surface area contributed by atoms with Gasteiger partial charge in [0.25, 0.3) is 0 Å². The Morgan fingerprint density at radius 1 is 1.07 bits per heavy atom. The summed E-state index contributed by atoms with van der Waals surface area (Å²) in [5.41, 5.74) is 2.57. The maximum Gasteiger partial charge on any atom is 0.225 e. The van der Waals surface area contributed by atoms with Gasteiger partial charge in [-0.3, -0.25) is 4.79 Å². The third kappa shape index (κ3) is 4.30. The Morgan fingerprint density at radius 2 is 1.79 bits per heavy atom. The Hall–Kier alpha value is -2.95. The second-order valence-corrected chi connectivity index (χ2v) is 7.46. The normalized spacial score (nSPS) is 14.3. The fraction of sp³-hybridized carbons (Fsp3) is 0.304. The summed E-state index contributed by atoms with van der Waals surface area (Å²) in [5.74, 6) is 0.864. The molecular formula is C23H24FN3O. The number of nitrogens with one attached hydrogen (secondary N) is 1. The number of anilines is 1. The fourth-order valence-corrected chi connectivity index (χ4v) is 3.89.